The third-order valence-electron chi connectivity index (χ3n) is 2.13. The van der Waals surface area contributed by atoms with Gasteiger partial charge in [0.15, 0.2) is 0 Å². The molecule has 0 saturated carbocycles. The molecule has 1 aromatic carbocycles. The lowest BCUT2D eigenvalue weighted by Gasteiger charge is -2.11. The van der Waals surface area contributed by atoms with Crippen LogP contribution in [0.15, 0.2) is 18.2 Å². The average Bonchev–Trinajstić information content (AvgIpc) is 2.22. The summed E-state index contributed by atoms with van der Waals surface area (Å²) in [7, 11) is 0. The number of ether oxygens (including phenoxy) is 1. The number of halogens is 1. The number of aryl methyl sites for hydroxylation is 1. The lowest BCUT2D eigenvalue weighted by Crippen LogP contribution is -2.20. The van der Waals surface area contributed by atoms with E-state index in [1.54, 1.807) is 6.92 Å². The first-order valence-electron chi connectivity index (χ1n) is 5.23. The molecule has 1 aromatic rings. The maximum absolute atomic E-state index is 11.4. The van der Waals surface area contributed by atoms with Crippen molar-refractivity contribution in [2.45, 2.75) is 26.1 Å². The fraction of sp³-hybridized carbons (Fsp3) is 0.417. The van der Waals surface area contributed by atoms with E-state index in [1.165, 1.54) is 0 Å². The van der Waals surface area contributed by atoms with Gasteiger partial charge in [-0.25, -0.2) is 0 Å². The smallest absolute Gasteiger partial charge is 0.242 e. The molecule has 88 valence electrons. The van der Waals surface area contributed by atoms with Crippen molar-refractivity contribution in [1.82, 2.24) is 0 Å². The molecule has 0 aliphatic heterocycles. The number of benzene rings is 1. The minimum Gasteiger partial charge on any atom is -0.494 e. The molecule has 1 N–H and O–H groups in total. The zero-order valence-electron chi connectivity index (χ0n) is 9.71. The van der Waals surface area contributed by atoms with Crippen LogP contribution in [0, 0.1) is 6.92 Å². The van der Waals surface area contributed by atoms with E-state index in [2.05, 4.69) is 5.32 Å². The Morgan fingerprint density at radius 2 is 2.25 bits per heavy atom. The Labute approximate surface area is 101 Å². The van der Waals surface area contributed by atoms with E-state index in [0.717, 1.165) is 17.0 Å². The van der Waals surface area contributed by atoms with Gasteiger partial charge in [0.05, 0.1) is 6.61 Å². The second kappa shape index (κ2) is 5.75. The summed E-state index contributed by atoms with van der Waals surface area (Å²) in [6.45, 7) is 6.11. The molecular formula is C12H16ClNO2. The number of amides is 1. The Hall–Kier alpha value is -1.22. The molecule has 0 spiro atoms. The van der Waals surface area contributed by atoms with Crippen molar-refractivity contribution < 1.29 is 9.53 Å². The molecule has 0 radical (unpaired) electrons. The maximum Gasteiger partial charge on any atom is 0.242 e. The Morgan fingerprint density at radius 1 is 1.56 bits per heavy atom. The van der Waals surface area contributed by atoms with Gasteiger partial charge in [-0.05, 0) is 44.5 Å². The van der Waals surface area contributed by atoms with Gasteiger partial charge in [0.1, 0.15) is 11.1 Å². The molecule has 1 atom stereocenters. The fourth-order valence-corrected chi connectivity index (χ4v) is 1.32. The Morgan fingerprint density at radius 3 is 2.75 bits per heavy atom. The number of hydrogen-bond donors (Lipinski definition) is 1. The molecule has 0 aromatic heterocycles. The minimum atomic E-state index is -0.536. The van der Waals surface area contributed by atoms with Crippen molar-refractivity contribution in [3.8, 4) is 5.75 Å². The summed E-state index contributed by atoms with van der Waals surface area (Å²) in [4.78, 5) is 11.4. The number of carbonyl (C=O) groups excluding carboxylic acids is 1. The predicted octanol–water partition coefficient (Wildman–Crippen LogP) is 2.96. The number of hydrogen-bond acceptors (Lipinski definition) is 2. The Kier molecular flexibility index (Phi) is 4.62. The molecule has 0 aliphatic carbocycles. The fourth-order valence-electron chi connectivity index (χ4n) is 1.27. The third kappa shape index (κ3) is 3.42. The van der Waals surface area contributed by atoms with Crippen LogP contribution in [0.4, 0.5) is 5.69 Å². The van der Waals surface area contributed by atoms with Crippen LogP contribution in [-0.2, 0) is 4.79 Å². The van der Waals surface area contributed by atoms with E-state index >= 15 is 0 Å². The van der Waals surface area contributed by atoms with Gasteiger partial charge in [0.25, 0.3) is 0 Å². The first kappa shape index (κ1) is 12.8. The summed E-state index contributed by atoms with van der Waals surface area (Å²) in [5, 5.41) is 2.22. The number of anilines is 1. The van der Waals surface area contributed by atoms with Gasteiger partial charge in [-0.1, -0.05) is 0 Å². The number of rotatable bonds is 4. The molecule has 0 heterocycles. The molecule has 1 rings (SSSR count). The van der Waals surface area contributed by atoms with Crippen LogP contribution in [0.5, 0.6) is 5.75 Å². The Balaban J connectivity index is 2.79. The summed E-state index contributed by atoms with van der Waals surface area (Å²) in [6, 6.07) is 5.53. The molecule has 0 aliphatic rings. The summed E-state index contributed by atoms with van der Waals surface area (Å²) in [6.07, 6.45) is 0. The van der Waals surface area contributed by atoms with Crippen molar-refractivity contribution in [2.24, 2.45) is 0 Å². The number of nitrogens with one attached hydrogen (secondary N) is 1. The van der Waals surface area contributed by atoms with Crippen molar-refractivity contribution in [1.29, 1.82) is 0 Å². The van der Waals surface area contributed by atoms with Crippen LogP contribution in [0.2, 0.25) is 0 Å². The molecular weight excluding hydrogens is 226 g/mol. The van der Waals surface area contributed by atoms with Crippen LogP contribution in [-0.4, -0.2) is 17.9 Å². The summed E-state index contributed by atoms with van der Waals surface area (Å²) < 4.78 is 5.36. The van der Waals surface area contributed by atoms with Crippen LogP contribution >= 0.6 is 11.6 Å². The minimum absolute atomic E-state index is 0.200. The van der Waals surface area contributed by atoms with Gasteiger partial charge in [-0.3, -0.25) is 4.79 Å². The third-order valence-corrected chi connectivity index (χ3v) is 2.33. The quantitative estimate of drug-likeness (QED) is 0.823. The first-order valence-corrected chi connectivity index (χ1v) is 5.66. The number of carbonyl (C=O) groups is 1. The average molecular weight is 242 g/mol. The summed E-state index contributed by atoms with van der Waals surface area (Å²) in [5.74, 6) is 0.603. The van der Waals surface area contributed by atoms with E-state index in [0.29, 0.717) is 6.61 Å². The van der Waals surface area contributed by atoms with Gasteiger partial charge < -0.3 is 10.1 Å². The van der Waals surface area contributed by atoms with E-state index in [4.69, 9.17) is 16.3 Å². The molecule has 3 nitrogen and oxygen atoms in total. The zero-order chi connectivity index (χ0) is 12.1. The van der Waals surface area contributed by atoms with E-state index in [-0.39, 0.29) is 5.91 Å². The summed E-state index contributed by atoms with van der Waals surface area (Å²) in [5.41, 5.74) is 1.72. The van der Waals surface area contributed by atoms with E-state index in [1.807, 2.05) is 32.0 Å². The normalized spacial score (nSPS) is 12.0. The highest BCUT2D eigenvalue weighted by Crippen LogP contribution is 2.21. The van der Waals surface area contributed by atoms with Crippen molar-refractivity contribution in [3.05, 3.63) is 23.8 Å². The second-order valence-electron chi connectivity index (χ2n) is 3.51. The van der Waals surface area contributed by atoms with E-state index < -0.39 is 5.38 Å². The molecule has 1 unspecified atom stereocenters. The van der Waals surface area contributed by atoms with Crippen LogP contribution in [0.3, 0.4) is 0 Å². The second-order valence-corrected chi connectivity index (χ2v) is 4.17. The Bertz CT molecular complexity index is 377. The SMILES string of the molecule is CCOc1ccc(NC(=O)C(C)Cl)c(C)c1. The van der Waals surface area contributed by atoms with Gasteiger partial charge in [-0.2, -0.15) is 0 Å². The first-order chi connectivity index (χ1) is 7.54. The zero-order valence-corrected chi connectivity index (χ0v) is 10.5. The van der Waals surface area contributed by atoms with Gasteiger partial charge in [-0.15, -0.1) is 11.6 Å². The van der Waals surface area contributed by atoms with Gasteiger partial charge in [0, 0.05) is 5.69 Å². The van der Waals surface area contributed by atoms with Crippen molar-refractivity contribution in [3.63, 3.8) is 0 Å². The van der Waals surface area contributed by atoms with Crippen molar-refractivity contribution >= 4 is 23.2 Å². The van der Waals surface area contributed by atoms with Crippen molar-refractivity contribution in [2.75, 3.05) is 11.9 Å². The maximum atomic E-state index is 11.4. The van der Waals surface area contributed by atoms with Gasteiger partial charge >= 0.3 is 0 Å². The predicted molar refractivity (Wildman–Crippen MR) is 66.3 cm³/mol. The number of alkyl halides is 1. The standard InChI is InChI=1S/C12H16ClNO2/c1-4-16-10-5-6-11(8(2)7-10)14-12(15)9(3)13/h5-7,9H,4H2,1-3H3,(H,14,15). The van der Waals surface area contributed by atoms with Gasteiger partial charge in [0.2, 0.25) is 5.91 Å². The monoisotopic (exact) mass is 241 g/mol. The molecule has 0 fully saturated rings. The molecule has 0 saturated heterocycles. The highest BCUT2D eigenvalue weighted by atomic mass is 35.5. The molecule has 1 amide bonds. The van der Waals surface area contributed by atoms with Crippen LogP contribution in [0.1, 0.15) is 19.4 Å². The topological polar surface area (TPSA) is 38.3 Å². The summed E-state index contributed by atoms with van der Waals surface area (Å²) >= 11 is 5.67. The molecule has 0 bridgehead atoms. The van der Waals surface area contributed by atoms with E-state index in [9.17, 15) is 4.79 Å². The lowest BCUT2D eigenvalue weighted by molar-refractivity contribution is -0.115. The van der Waals surface area contributed by atoms with Crippen LogP contribution < -0.4 is 10.1 Å². The highest BCUT2D eigenvalue weighted by molar-refractivity contribution is 6.32. The largest absolute Gasteiger partial charge is 0.494 e. The lowest BCUT2D eigenvalue weighted by atomic mass is 10.2. The molecule has 4 heteroatoms. The molecule has 16 heavy (non-hydrogen) atoms. The highest BCUT2D eigenvalue weighted by Gasteiger charge is 2.10. The van der Waals surface area contributed by atoms with Crippen LogP contribution in [0.25, 0.3) is 0 Å².